The number of benzene rings is 3. The summed E-state index contributed by atoms with van der Waals surface area (Å²) in [6.07, 6.45) is 3.07. The van der Waals surface area contributed by atoms with Gasteiger partial charge in [0.15, 0.2) is 0 Å². The van der Waals surface area contributed by atoms with E-state index in [0.29, 0.717) is 10.9 Å². The van der Waals surface area contributed by atoms with Crippen molar-refractivity contribution in [2.45, 2.75) is 32.4 Å². The maximum absolute atomic E-state index is 12.9. The van der Waals surface area contributed by atoms with Crippen LogP contribution in [-0.4, -0.2) is 15.5 Å². The minimum absolute atomic E-state index is 0.0651. The fourth-order valence-corrected chi connectivity index (χ4v) is 3.81. The number of nitrogens with zero attached hydrogens (tertiary/aromatic N) is 2. The van der Waals surface area contributed by atoms with Crippen LogP contribution in [0.5, 0.6) is 0 Å². The first-order valence-corrected chi connectivity index (χ1v) is 10.4. The quantitative estimate of drug-likeness (QED) is 0.496. The van der Waals surface area contributed by atoms with Crippen molar-refractivity contribution < 1.29 is 4.79 Å². The lowest BCUT2D eigenvalue weighted by molar-refractivity contribution is -0.122. The van der Waals surface area contributed by atoms with Gasteiger partial charge in [-0.3, -0.25) is 14.2 Å². The number of carbonyl (C=O) groups is 1. The third-order valence-corrected chi connectivity index (χ3v) is 5.47. The number of para-hydroxylation sites is 1. The first kappa shape index (κ1) is 20.5. The third-order valence-electron chi connectivity index (χ3n) is 5.47. The van der Waals surface area contributed by atoms with E-state index in [1.165, 1.54) is 16.5 Å². The van der Waals surface area contributed by atoms with E-state index in [2.05, 4.69) is 22.4 Å². The number of rotatable bonds is 7. The topological polar surface area (TPSA) is 64.0 Å². The molecule has 1 aromatic heterocycles. The monoisotopic (exact) mass is 411 g/mol. The normalized spacial score (nSPS) is 11.9. The summed E-state index contributed by atoms with van der Waals surface area (Å²) in [6.45, 7) is 1.85. The number of carbonyl (C=O) groups excluding carboxylic acids is 1. The molecule has 1 unspecified atom stereocenters. The van der Waals surface area contributed by atoms with Crippen LogP contribution in [0.25, 0.3) is 10.9 Å². The number of hydrogen-bond acceptors (Lipinski definition) is 3. The highest BCUT2D eigenvalue weighted by Crippen LogP contribution is 2.19. The van der Waals surface area contributed by atoms with Crippen molar-refractivity contribution in [3.8, 4) is 0 Å². The molecule has 0 aliphatic heterocycles. The van der Waals surface area contributed by atoms with Gasteiger partial charge in [-0.2, -0.15) is 0 Å². The summed E-state index contributed by atoms with van der Waals surface area (Å²) in [6, 6.07) is 25.5. The van der Waals surface area contributed by atoms with Gasteiger partial charge in [-0.1, -0.05) is 72.8 Å². The molecule has 0 aliphatic rings. The number of aryl methyl sites for hydroxylation is 2. The van der Waals surface area contributed by atoms with E-state index in [9.17, 15) is 9.59 Å². The Kier molecular flexibility index (Phi) is 6.22. The molecule has 1 amide bonds. The average Bonchev–Trinajstić information content (AvgIpc) is 2.80. The first-order valence-electron chi connectivity index (χ1n) is 10.4. The molecule has 0 fully saturated rings. The largest absolute Gasteiger partial charge is 0.348 e. The molecule has 0 saturated heterocycles. The summed E-state index contributed by atoms with van der Waals surface area (Å²) in [5.41, 5.74) is 3.68. The Hall–Kier alpha value is -3.73. The second-order valence-electron chi connectivity index (χ2n) is 7.70. The smallest absolute Gasteiger partial charge is 0.261 e. The lowest BCUT2D eigenvalue weighted by Crippen LogP contribution is -2.35. The van der Waals surface area contributed by atoms with Crippen molar-refractivity contribution >= 4 is 16.8 Å². The van der Waals surface area contributed by atoms with Gasteiger partial charge in [0.2, 0.25) is 5.91 Å². The molecule has 5 heteroatoms. The minimum Gasteiger partial charge on any atom is -0.348 e. The van der Waals surface area contributed by atoms with Crippen molar-refractivity contribution in [2.75, 3.05) is 0 Å². The summed E-state index contributed by atoms with van der Waals surface area (Å²) in [5.74, 6) is -0.210. The number of fused-ring (bicyclic) bond motifs is 1. The Bertz CT molecular complexity index is 1230. The molecular formula is C26H25N3O2. The van der Waals surface area contributed by atoms with Gasteiger partial charge in [0.1, 0.15) is 6.54 Å². The lowest BCUT2D eigenvalue weighted by Gasteiger charge is -2.20. The van der Waals surface area contributed by atoms with Crippen molar-refractivity contribution in [1.82, 2.24) is 14.9 Å². The molecular weight excluding hydrogens is 386 g/mol. The van der Waals surface area contributed by atoms with E-state index in [1.807, 2.05) is 67.6 Å². The average molecular weight is 412 g/mol. The van der Waals surface area contributed by atoms with Crippen LogP contribution in [0.4, 0.5) is 0 Å². The molecule has 0 aliphatic carbocycles. The minimum atomic E-state index is -0.210. The zero-order valence-corrected chi connectivity index (χ0v) is 17.5. The van der Waals surface area contributed by atoms with Gasteiger partial charge in [0.05, 0.1) is 23.3 Å². The van der Waals surface area contributed by atoms with Crippen molar-refractivity contribution in [1.29, 1.82) is 0 Å². The molecule has 156 valence electrons. The molecule has 0 spiro atoms. The SMILES string of the molecule is Cc1cccc2c(=O)n(CC(=O)NC(CCc3ccccc3)c3ccccc3)cnc12. The van der Waals surface area contributed by atoms with Gasteiger partial charge in [-0.05, 0) is 42.5 Å². The number of aromatic nitrogens is 2. The summed E-state index contributed by atoms with van der Waals surface area (Å²) >= 11 is 0. The molecule has 0 saturated carbocycles. The van der Waals surface area contributed by atoms with Gasteiger partial charge in [0.25, 0.3) is 5.56 Å². The fourth-order valence-electron chi connectivity index (χ4n) is 3.81. The molecule has 0 bridgehead atoms. The van der Waals surface area contributed by atoms with Crippen LogP contribution in [-0.2, 0) is 17.8 Å². The summed E-state index contributed by atoms with van der Waals surface area (Å²) < 4.78 is 1.37. The van der Waals surface area contributed by atoms with Gasteiger partial charge in [0, 0.05) is 0 Å². The molecule has 1 atom stereocenters. The standard InChI is InChI=1S/C26H25N3O2/c1-19-9-8-14-22-25(19)27-18-29(26(22)31)17-24(30)28-23(21-12-6-3-7-13-21)16-15-20-10-4-2-5-11-20/h2-14,18,23H,15-17H2,1H3,(H,28,30). The van der Waals surface area contributed by atoms with Crippen LogP contribution < -0.4 is 10.9 Å². The Morgan fingerprint density at radius 1 is 0.968 bits per heavy atom. The van der Waals surface area contributed by atoms with Gasteiger partial charge in [-0.15, -0.1) is 0 Å². The maximum Gasteiger partial charge on any atom is 0.261 e. The fraction of sp³-hybridized carbons (Fsp3) is 0.192. The number of amides is 1. The Morgan fingerprint density at radius 2 is 1.68 bits per heavy atom. The van der Waals surface area contributed by atoms with Crippen LogP contribution in [0.1, 0.15) is 29.2 Å². The highest BCUT2D eigenvalue weighted by Gasteiger charge is 2.16. The molecule has 5 nitrogen and oxygen atoms in total. The molecule has 31 heavy (non-hydrogen) atoms. The lowest BCUT2D eigenvalue weighted by atomic mass is 9.99. The molecule has 4 aromatic rings. The van der Waals surface area contributed by atoms with Crippen LogP contribution >= 0.6 is 0 Å². The Balaban J connectivity index is 1.51. The zero-order chi connectivity index (χ0) is 21.6. The Labute approximate surface area is 181 Å². The van der Waals surface area contributed by atoms with E-state index < -0.39 is 0 Å². The maximum atomic E-state index is 12.9. The van der Waals surface area contributed by atoms with Crippen molar-refractivity contribution in [2.24, 2.45) is 0 Å². The predicted octanol–water partition coefficient (Wildman–Crippen LogP) is 4.20. The van der Waals surface area contributed by atoms with E-state index in [4.69, 9.17) is 0 Å². The second-order valence-corrected chi connectivity index (χ2v) is 7.70. The predicted molar refractivity (Wildman–Crippen MR) is 123 cm³/mol. The van der Waals surface area contributed by atoms with Crippen LogP contribution in [0.3, 0.4) is 0 Å². The van der Waals surface area contributed by atoms with Crippen LogP contribution in [0.2, 0.25) is 0 Å². The van der Waals surface area contributed by atoms with Crippen LogP contribution in [0.15, 0.2) is 90.0 Å². The second kappa shape index (κ2) is 9.39. The van der Waals surface area contributed by atoms with Gasteiger partial charge >= 0.3 is 0 Å². The first-order chi connectivity index (χ1) is 15.1. The molecule has 1 N–H and O–H groups in total. The summed E-state index contributed by atoms with van der Waals surface area (Å²) in [4.78, 5) is 30.1. The highest BCUT2D eigenvalue weighted by atomic mass is 16.2. The van der Waals surface area contributed by atoms with Crippen molar-refractivity contribution in [3.05, 3.63) is 112 Å². The van der Waals surface area contributed by atoms with Gasteiger partial charge in [-0.25, -0.2) is 4.98 Å². The van der Waals surface area contributed by atoms with E-state index >= 15 is 0 Å². The highest BCUT2D eigenvalue weighted by molar-refractivity contribution is 5.81. The molecule has 4 rings (SSSR count). The molecule has 1 heterocycles. The van der Waals surface area contributed by atoms with Gasteiger partial charge < -0.3 is 5.32 Å². The van der Waals surface area contributed by atoms with E-state index in [1.54, 1.807) is 6.07 Å². The summed E-state index contributed by atoms with van der Waals surface area (Å²) in [7, 11) is 0. The number of hydrogen-bond donors (Lipinski definition) is 1. The molecule has 0 radical (unpaired) electrons. The third kappa shape index (κ3) is 4.89. The zero-order valence-electron chi connectivity index (χ0n) is 17.5. The van der Waals surface area contributed by atoms with E-state index in [0.717, 1.165) is 24.0 Å². The molecule has 3 aromatic carbocycles. The van der Waals surface area contributed by atoms with E-state index in [-0.39, 0.29) is 24.1 Å². The Morgan fingerprint density at radius 3 is 2.42 bits per heavy atom. The summed E-state index contributed by atoms with van der Waals surface area (Å²) in [5, 5.41) is 3.64. The van der Waals surface area contributed by atoms with Crippen LogP contribution in [0, 0.1) is 6.92 Å². The number of nitrogens with one attached hydrogen (secondary N) is 1. The van der Waals surface area contributed by atoms with Crippen molar-refractivity contribution in [3.63, 3.8) is 0 Å².